The summed E-state index contributed by atoms with van der Waals surface area (Å²) in [4.78, 5) is 11.4. The lowest BCUT2D eigenvalue weighted by Gasteiger charge is -2.32. The molecule has 1 saturated heterocycles. The van der Waals surface area contributed by atoms with Crippen LogP contribution < -0.4 is 5.32 Å². The van der Waals surface area contributed by atoms with Gasteiger partial charge in [-0.3, -0.25) is 4.79 Å². The van der Waals surface area contributed by atoms with E-state index < -0.39 is 18.3 Å². The van der Waals surface area contributed by atoms with Crippen molar-refractivity contribution in [2.75, 3.05) is 6.54 Å². The zero-order valence-electron chi connectivity index (χ0n) is 16.5. The van der Waals surface area contributed by atoms with Crippen LogP contribution in [0.25, 0.3) is 6.08 Å². The molecule has 1 aromatic rings. The predicted molar refractivity (Wildman–Crippen MR) is 103 cm³/mol. The van der Waals surface area contributed by atoms with Crippen LogP contribution >= 0.6 is 0 Å². The van der Waals surface area contributed by atoms with E-state index in [1.54, 1.807) is 0 Å². The zero-order valence-corrected chi connectivity index (χ0v) is 16.5. The molecule has 0 saturated carbocycles. The number of rotatable bonds is 5. The minimum Gasteiger partial charge on any atom is -0.400 e. The molecule has 1 fully saturated rings. The summed E-state index contributed by atoms with van der Waals surface area (Å²) >= 11 is 0. The maximum absolute atomic E-state index is 11.4. The van der Waals surface area contributed by atoms with Crippen LogP contribution in [0.2, 0.25) is 0 Å². The average Bonchev–Trinajstić information content (AvgIpc) is 2.71. The molecule has 1 aromatic carbocycles. The minimum absolute atomic E-state index is 0.0710. The highest BCUT2D eigenvalue weighted by Gasteiger charge is 2.52. The first kappa shape index (κ1) is 19.7. The second kappa shape index (κ2) is 7.34. The molecule has 0 radical (unpaired) electrons. The highest BCUT2D eigenvalue weighted by atomic mass is 16.7. The van der Waals surface area contributed by atoms with Crippen molar-refractivity contribution in [1.82, 2.24) is 5.32 Å². The number of carbonyl (C=O) groups is 1. The summed E-state index contributed by atoms with van der Waals surface area (Å²) in [6.45, 7) is 14.4. The lowest BCUT2D eigenvalue weighted by molar-refractivity contribution is -0.118. The van der Waals surface area contributed by atoms with Crippen LogP contribution in [-0.2, 0) is 14.1 Å². The van der Waals surface area contributed by atoms with Gasteiger partial charge in [-0.15, -0.1) is 0 Å². The summed E-state index contributed by atoms with van der Waals surface area (Å²) in [5.74, 6) is 0.391. The first-order valence-electron chi connectivity index (χ1n) is 8.92. The van der Waals surface area contributed by atoms with Gasteiger partial charge in [0.2, 0.25) is 5.91 Å². The first-order valence-corrected chi connectivity index (χ1v) is 8.92. The second-order valence-corrected chi connectivity index (χ2v) is 8.04. The van der Waals surface area contributed by atoms with Gasteiger partial charge in [-0.2, -0.15) is 0 Å². The largest absolute Gasteiger partial charge is 0.492 e. The molecule has 0 aromatic heterocycles. The molecule has 2 rings (SSSR count). The standard InChI is InChI=1S/C20H30BNO3/c1-14(2)17-10-8-9-16(11-17)12-18(13-22-15(3)23)21-24-19(4,5)20(6,7)25-21/h8-12,14H,13H2,1-7H3,(H,22,23). The fourth-order valence-corrected chi connectivity index (χ4v) is 2.65. The SMILES string of the molecule is CC(=O)NCC(=Cc1cccc(C(C)C)c1)B1OC(C)(C)C(C)(C)O1. The predicted octanol–water partition coefficient (Wildman–Crippen LogP) is 3.96. The molecule has 1 heterocycles. The van der Waals surface area contributed by atoms with Gasteiger partial charge in [0.15, 0.2) is 0 Å². The van der Waals surface area contributed by atoms with Gasteiger partial charge < -0.3 is 14.6 Å². The van der Waals surface area contributed by atoms with Crippen LogP contribution in [0.1, 0.15) is 65.5 Å². The molecule has 1 aliphatic rings. The fourth-order valence-electron chi connectivity index (χ4n) is 2.65. The molecule has 1 N–H and O–H groups in total. The molecule has 1 aliphatic heterocycles. The molecule has 136 valence electrons. The van der Waals surface area contributed by atoms with Crippen LogP contribution in [0, 0.1) is 0 Å². The summed E-state index contributed by atoms with van der Waals surface area (Å²) in [5, 5.41) is 2.87. The quantitative estimate of drug-likeness (QED) is 0.823. The van der Waals surface area contributed by atoms with E-state index in [9.17, 15) is 4.79 Å². The molecular weight excluding hydrogens is 313 g/mol. The lowest BCUT2D eigenvalue weighted by Crippen LogP contribution is -2.41. The Balaban J connectivity index is 2.33. The van der Waals surface area contributed by atoms with Crippen molar-refractivity contribution in [3.05, 3.63) is 40.9 Å². The lowest BCUT2D eigenvalue weighted by atomic mass is 9.76. The van der Waals surface area contributed by atoms with E-state index >= 15 is 0 Å². The van der Waals surface area contributed by atoms with Crippen LogP contribution in [0.5, 0.6) is 0 Å². The van der Waals surface area contributed by atoms with Crippen LogP contribution in [0.15, 0.2) is 29.7 Å². The van der Waals surface area contributed by atoms with Crippen LogP contribution in [-0.4, -0.2) is 30.8 Å². The summed E-state index contributed by atoms with van der Waals surface area (Å²) in [5.41, 5.74) is 2.46. The summed E-state index contributed by atoms with van der Waals surface area (Å²) in [6.07, 6.45) is 2.06. The van der Waals surface area contributed by atoms with Gasteiger partial charge in [-0.1, -0.05) is 44.2 Å². The van der Waals surface area contributed by atoms with Gasteiger partial charge in [0.1, 0.15) is 0 Å². The van der Waals surface area contributed by atoms with Crippen molar-refractivity contribution in [2.24, 2.45) is 0 Å². The Morgan fingerprint density at radius 2 is 1.80 bits per heavy atom. The van der Waals surface area contributed by atoms with E-state index in [1.165, 1.54) is 12.5 Å². The van der Waals surface area contributed by atoms with Crippen molar-refractivity contribution in [2.45, 2.75) is 65.6 Å². The molecular formula is C20H30BNO3. The minimum atomic E-state index is -0.473. The zero-order chi connectivity index (χ0) is 18.8. The highest BCUT2D eigenvalue weighted by molar-refractivity contribution is 6.56. The van der Waals surface area contributed by atoms with Crippen LogP contribution in [0.3, 0.4) is 0 Å². The molecule has 1 amide bonds. The number of amides is 1. The molecule has 0 atom stereocenters. The molecule has 0 aliphatic carbocycles. The van der Waals surface area contributed by atoms with E-state index in [4.69, 9.17) is 9.31 Å². The number of hydrogen-bond acceptors (Lipinski definition) is 3. The Morgan fingerprint density at radius 3 is 2.32 bits per heavy atom. The Hall–Kier alpha value is -1.59. The van der Waals surface area contributed by atoms with E-state index in [-0.39, 0.29) is 5.91 Å². The molecule has 0 bridgehead atoms. The fraction of sp³-hybridized carbons (Fsp3) is 0.550. The number of benzene rings is 1. The van der Waals surface area contributed by atoms with Gasteiger partial charge in [0.25, 0.3) is 0 Å². The molecule has 5 heteroatoms. The van der Waals surface area contributed by atoms with Gasteiger partial charge in [0.05, 0.1) is 11.2 Å². The molecule has 0 unspecified atom stereocenters. The van der Waals surface area contributed by atoms with Crippen LogP contribution in [0.4, 0.5) is 0 Å². The van der Waals surface area contributed by atoms with Crippen molar-refractivity contribution in [1.29, 1.82) is 0 Å². The van der Waals surface area contributed by atoms with Crippen molar-refractivity contribution < 1.29 is 14.1 Å². The molecule has 4 nitrogen and oxygen atoms in total. The Bertz CT molecular complexity index is 649. The number of nitrogens with one attached hydrogen (secondary N) is 1. The Morgan fingerprint density at radius 1 is 1.20 bits per heavy atom. The monoisotopic (exact) mass is 343 g/mol. The van der Waals surface area contributed by atoms with E-state index in [1.807, 2.05) is 27.7 Å². The summed E-state index contributed by atoms with van der Waals surface area (Å²) in [7, 11) is -0.473. The Kier molecular flexibility index (Phi) is 5.80. The van der Waals surface area contributed by atoms with Gasteiger partial charge in [-0.25, -0.2) is 0 Å². The second-order valence-electron chi connectivity index (χ2n) is 8.04. The molecule has 0 spiro atoms. The number of carbonyl (C=O) groups excluding carboxylic acids is 1. The van der Waals surface area contributed by atoms with E-state index in [2.05, 4.69) is 49.5 Å². The molecule has 25 heavy (non-hydrogen) atoms. The maximum Gasteiger partial charge on any atom is 0.492 e. The van der Waals surface area contributed by atoms with Gasteiger partial charge in [-0.05, 0) is 50.2 Å². The van der Waals surface area contributed by atoms with Crippen molar-refractivity contribution >= 4 is 19.1 Å². The van der Waals surface area contributed by atoms with Gasteiger partial charge >= 0.3 is 7.12 Å². The highest BCUT2D eigenvalue weighted by Crippen LogP contribution is 2.38. The maximum atomic E-state index is 11.4. The van der Waals surface area contributed by atoms with Crippen molar-refractivity contribution in [3.63, 3.8) is 0 Å². The number of hydrogen-bond donors (Lipinski definition) is 1. The smallest absolute Gasteiger partial charge is 0.400 e. The summed E-state index contributed by atoms with van der Waals surface area (Å²) in [6, 6.07) is 8.42. The Labute approximate surface area is 152 Å². The van der Waals surface area contributed by atoms with E-state index in [0.717, 1.165) is 11.0 Å². The summed E-state index contributed by atoms with van der Waals surface area (Å²) < 4.78 is 12.3. The average molecular weight is 343 g/mol. The van der Waals surface area contributed by atoms with Gasteiger partial charge in [0, 0.05) is 13.5 Å². The van der Waals surface area contributed by atoms with E-state index in [0.29, 0.717) is 12.5 Å². The first-order chi connectivity index (χ1) is 11.5. The third kappa shape index (κ3) is 4.74. The third-order valence-corrected chi connectivity index (χ3v) is 5.03. The third-order valence-electron chi connectivity index (χ3n) is 5.03. The van der Waals surface area contributed by atoms with Crippen molar-refractivity contribution in [3.8, 4) is 0 Å². The topological polar surface area (TPSA) is 47.6 Å². The normalized spacial score (nSPS) is 19.4.